The molecule has 18 heavy (non-hydrogen) atoms. The van der Waals surface area contributed by atoms with Crippen LogP contribution in [0.25, 0.3) is 0 Å². The maximum absolute atomic E-state index is 12.4. The fraction of sp³-hybridized carbons (Fsp3) is 0.600. The second kappa shape index (κ2) is 4.69. The fourth-order valence-electron chi connectivity index (χ4n) is 2.21. The smallest absolute Gasteiger partial charge is 0.178 e. The van der Waals surface area contributed by atoms with Gasteiger partial charge in [-0.2, -0.15) is 0 Å². The van der Waals surface area contributed by atoms with Crippen molar-refractivity contribution >= 4 is 9.84 Å². The first-order valence-corrected chi connectivity index (χ1v) is 8.24. The third-order valence-corrected chi connectivity index (χ3v) is 5.16. The highest BCUT2D eigenvalue weighted by molar-refractivity contribution is 7.91. The van der Waals surface area contributed by atoms with Crippen LogP contribution in [0.2, 0.25) is 0 Å². The minimum Gasteiger partial charge on any atom is -0.224 e. The third-order valence-electron chi connectivity index (χ3n) is 3.18. The predicted octanol–water partition coefficient (Wildman–Crippen LogP) is 3.46. The molecule has 1 fully saturated rings. The van der Waals surface area contributed by atoms with Crippen molar-refractivity contribution in [2.45, 2.75) is 44.9 Å². The zero-order valence-corrected chi connectivity index (χ0v) is 12.3. The highest BCUT2D eigenvalue weighted by Crippen LogP contribution is 2.34. The molecular formula is C15H22O2S. The lowest BCUT2D eigenvalue weighted by atomic mass is 9.88. The van der Waals surface area contributed by atoms with E-state index in [4.69, 9.17) is 0 Å². The summed E-state index contributed by atoms with van der Waals surface area (Å²) in [5, 5.41) is 0. The van der Waals surface area contributed by atoms with Crippen LogP contribution in [0.15, 0.2) is 29.2 Å². The van der Waals surface area contributed by atoms with Gasteiger partial charge >= 0.3 is 0 Å². The Labute approximate surface area is 110 Å². The molecule has 3 heteroatoms. The molecule has 2 nitrogen and oxygen atoms in total. The lowest BCUT2D eigenvalue weighted by Crippen LogP contribution is -2.15. The van der Waals surface area contributed by atoms with Gasteiger partial charge in [0.2, 0.25) is 0 Å². The van der Waals surface area contributed by atoms with Gasteiger partial charge in [-0.1, -0.05) is 39.0 Å². The second-order valence-electron chi connectivity index (χ2n) is 6.57. The lowest BCUT2D eigenvalue weighted by Gasteiger charge is -2.20. The normalized spacial score (nSPS) is 16.8. The molecule has 0 radical (unpaired) electrons. The Morgan fingerprint density at radius 1 is 1.17 bits per heavy atom. The number of sulfone groups is 1. The van der Waals surface area contributed by atoms with Gasteiger partial charge in [0.25, 0.3) is 0 Å². The van der Waals surface area contributed by atoms with Gasteiger partial charge in [0.15, 0.2) is 9.84 Å². The van der Waals surface area contributed by atoms with E-state index in [0.717, 1.165) is 24.8 Å². The minimum absolute atomic E-state index is 0.102. The van der Waals surface area contributed by atoms with E-state index in [9.17, 15) is 8.42 Å². The molecule has 2 rings (SSSR count). The number of hydrogen-bond acceptors (Lipinski definition) is 2. The van der Waals surface area contributed by atoms with Crippen molar-refractivity contribution in [1.82, 2.24) is 0 Å². The van der Waals surface area contributed by atoms with Gasteiger partial charge in [-0.25, -0.2) is 8.42 Å². The molecule has 100 valence electrons. The molecule has 0 aromatic heterocycles. The summed E-state index contributed by atoms with van der Waals surface area (Å²) in [4.78, 5) is 0.548. The van der Waals surface area contributed by atoms with E-state index in [1.807, 2.05) is 18.2 Å². The number of benzene rings is 1. The maximum atomic E-state index is 12.4. The van der Waals surface area contributed by atoms with E-state index >= 15 is 0 Å². The van der Waals surface area contributed by atoms with Crippen molar-refractivity contribution in [3.05, 3.63) is 29.8 Å². The van der Waals surface area contributed by atoms with Crippen molar-refractivity contribution in [2.24, 2.45) is 11.3 Å². The summed E-state index contributed by atoms with van der Waals surface area (Å²) in [5.74, 6) is 0.728. The average Bonchev–Trinajstić information content (AvgIpc) is 2.99. The SMILES string of the molecule is CC(C)(C)Cc1ccccc1S(=O)(=O)CC1CC1. The molecule has 0 bridgehead atoms. The molecule has 0 unspecified atom stereocenters. The first kappa shape index (κ1) is 13.6. The van der Waals surface area contributed by atoms with Crippen molar-refractivity contribution < 1.29 is 8.42 Å². The Bertz CT molecular complexity index is 520. The molecule has 1 aliphatic carbocycles. The summed E-state index contributed by atoms with van der Waals surface area (Å²) in [6.45, 7) is 6.41. The highest BCUT2D eigenvalue weighted by Gasteiger charge is 2.30. The topological polar surface area (TPSA) is 34.1 Å². The third kappa shape index (κ3) is 3.58. The Morgan fingerprint density at radius 2 is 1.78 bits per heavy atom. The van der Waals surface area contributed by atoms with Crippen molar-refractivity contribution in [3.63, 3.8) is 0 Å². The van der Waals surface area contributed by atoms with E-state index in [1.165, 1.54) is 0 Å². The van der Waals surface area contributed by atoms with Crippen LogP contribution < -0.4 is 0 Å². The van der Waals surface area contributed by atoms with Gasteiger partial charge in [-0.15, -0.1) is 0 Å². The van der Waals surface area contributed by atoms with Crippen LogP contribution in [0.3, 0.4) is 0 Å². The molecular weight excluding hydrogens is 244 g/mol. The van der Waals surface area contributed by atoms with Gasteiger partial charge in [0.05, 0.1) is 10.6 Å². The van der Waals surface area contributed by atoms with E-state index < -0.39 is 9.84 Å². The first-order valence-electron chi connectivity index (χ1n) is 6.59. The summed E-state index contributed by atoms with van der Waals surface area (Å²) < 4.78 is 24.8. The summed E-state index contributed by atoms with van der Waals surface area (Å²) in [7, 11) is -3.10. The van der Waals surface area contributed by atoms with E-state index in [2.05, 4.69) is 20.8 Å². The Hall–Kier alpha value is -0.830. The van der Waals surface area contributed by atoms with Crippen molar-refractivity contribution in [1.29, 1.82) is 0 Å². The van der Waals surface area contributed by atoms with E-state index in [1.54, 1.807) is 6.07 Å². The largest absolute Gasteiger partial charge is 0.224 e. The zero-order valence-electron chi connectivity index (χ0n) is 11.4. The fourth-order valence-corrected chi connectivity index (χ4v) is 4.17. The molecule has 1 saturated carbocycles. The average molecular weight is 266 g/mol. The molecule has 0 heterocycles. The maximum Gasteiger partial charge on any atom is 0.178 e. The number of rotatable bonds is 4. The molecule has 0 amide bonds. The Morgan fingerprint density at radius 3 is 2.33 bits per heavy atom. The molecule has 1 aliphatic rings. The molecule has 0 spiro atoms. The lowest BCUT2D eigenvalue weighted by molar-refractivity contribution is 0.408. The molecule has 0 N–H and O–H groups in total. The molecule has 0 saturated heterocycles. The first-order chi connectivity index (χ1) is 8.28. The van der Waals surface area contributed by atoms with Crippen LogP contribution >= 0.6 is 0 Å². The van der Waals surface area contributed by atoms with Crippen LogP contribution in [0.4, 0.5) is 0 Å². The van der Waals surface area contributed by atoms with Crippen LogP contribution in [-0.2, 0) is 16.3 Å². The van der Waals surface area contributed by atoms with Crippen LogP contribution in [0.5, 0.6) is 0 Å². The van der Waals surface area contributed by atoms with Crippen molar-refractivity contribution in [3.8, 4) is 0 Å². The van der Waals surface area contributed by atoms with E-state index in [0.29, 0.717) is 16.6 Å². The predicted molar refractivity (Wildman–Crippen MR) is 74.4 cm³/mol. The standard InChI is InChI=1S/C15H22O2S/c1-15(2,3)10-13-6-4-5-7-14(13)18(16,17)11-12-8-9-12/h4-7,12H,8-11H2,1-3H3. The summed E-state index contributed by atoms with van der Waals surface area (Å²) >= 11 is 0. The highest BCUT2D eigenvalue weighted by atomic mass is 32.2. The second-order valence-corrected chi connectivity index (χ2v) is 8.57. The van der Waals surface area contributed by atoms with Gasteiger partial charge in [0, 0.05) is 0 Å². The van der Waals surface area contributed by atoms with Gasteiger partial charge < -0.3 is 0 Å². The quantitative estimate of drug-likeness (QED) is 0.836. The Kier molecular flexibility index (Phi) is 3.54. The van der Waals surface area contributed by atoms with Crippen molar-refractivity contribution in [2.75, 3.05) is 5.75 Å². The van der Waals surface area contributed by atoms with E-state index in [-0.39, 0.29) is 5.41 Å². The summed E-state index contributed by atoms with van der Waals surface area (Å²) in [6, 6.07) is 7.47. The Balaban J connectivity index is 2.31. The molecule has 0 atom stereocenters. The van der Waals surface area contributed by atoms with Gasteiger partial charge in [-0.3, -0.25) is 0 Å². The summed E-state index contributed by atoms with van der Waals surface area (Å²) in [5.41, 5.74) is 1.07. The van der Waals surface area contributed by atoms with Gasteiger partial charge in [-0.05, 0) is 42.2 Å². The van der Waals surface area contributed by atoms with Gasteiger partial charge in [0.1, 0.15) is 0 Å². The zero-order chi connectivity index (χ0) is 13.4. The van der Waals surface area contributed by atoms with Crippen LogP contribution in [-0.4, -0.2) is 14.2 Å². The molecule has 1 aromatic rings. The minimum atomic E-state index is -3.10. The van der Waals surface area contributed by atoms with Crippen LogP contribution in [0, 0.1) is 11.3 Å². The molecule has 0 aliphatic heterocycles. The monoisotopic (exact) mass is 266 g/mol. The molecule has 1 aromatic carbocycles. The van der Waals surface area contributed by atoms with Crippen LogP contribution in [0.1, 0.15) is 39.2 Å². The number of hydrogen-bond donors (Lipinski definition) is 0. The summed E-state index contributed by atoms with van der Waals surface area (Å²) in [6.07, 6.45) is 2.94.